The van der Waals surface area contributed by atoms with E-state index >= 15 is 0 Å². The third kappa shape index (κ3) is 3.56. The molecule has 0 aromatic heterocycles. The number of nitrogens with zero attached hydrogens (tertiary/aromatic N) is 1. The highest BCUT2D eigenvalue weighted by atomic mass is 79.9. The van der Waals surface area contributed by atoms with Crippen LogP contribution in [0, 0.1) is 0 Å². The van der Waals surface area contributed by atoms with E-state index in [0.717, 1.165) is 14.9 Å². The summed E-state index contributed by atoms with van der Waals surface area (Å²) in [6.45, 7) is -0.451. The third-order valence-corrected chi connectivity index (χ3v) is 5.14. The van der Waals surface area contributed by atoms with Gasteiger partial charge in [-0.3, -0.25) is 19.3 Å². The molecule has 0 N–H and O–H groups in total. The van der Waals surface area contributed by atoms with E-state index in [9.17, 15) is 14.4 Å². The number of benzene rings is 2. The predicted octanol–water partition coefficient (Wildman–Crippen LogP) is 4.10. The summed E-state index contributed by atoms with van der Waals surface area (Å²) >= 11 is 15.1. The van der Waals surface area contributed by atoms with Gasteiger partial charge < -0.3 is 4.74 Å². The number of ether oxygens (including phenoxy) is 1. The molecule has 0 bridgehead atoms. The van der Waals surface area contributed by atoms with Crippen LogP contribution in [-0.4, -0.2) is 29.2 Å². The molecular weight excluding hydrogens is 433 g/mol. The Labute approximate surface area is 161 Å². The van der Waals surface area contributed by atoms with Gasteiger partial charge >= 0.3 is 5.97 Å². The summed E-state index contributed by atoms with van der Waals surface area (Å²) < 4.78 is 5.95. The molecule has 1 aliphatic heterocycles. The zero-order valence-corrected chi connectivity index (χ0v) is 15.7. The SMILES string of the molecule is O=C(CN1C(=O)c2cc(Cl)c(Cl)cc2C1=O)OCc1ccccc1Br. The Kier molecular flexibility index (Phi) is 5.13. The molecule has 0 atom stereocenters. The van der Waals surface area contributed by atoms with Gasteiger partial charge in [0.2, 0.25) is 0 Å². The largest absolute Gasteiger partial charge is 0.459 e. The molecule has 1 aliphatic rings. The number of hydrogen-bond acceptors (Lipinski definition) is 4. The molecule has 3 rings (SSSR count). The van der Waals surface area contributed by atoms with Gasteiger partial charge in [0.1, 0.15) is 13.2 Å². The lowest BCUT2D eigenvalue weighted by Crippen LogP contribution is -2.35. The summed E-state index contributed by atoms with van der Waals surface area (Å²) in [5.74, 6) is -1.89. The Balaban J connectivity index is 1.69. The van der Waals surface area contributed by atoms with Crippen LogP contribution in [0.25, 0.3) is 0 Å². The zero-order valence-electron chi connectivity index (χ0n) is 12.6. The molecule has 128 valence electrons. The quantitative estimate of drug-likeness (QED) is 0.528. The van der Waals surface area contributed by atoms with Crippen molar-refractivity contribution in [3.8, 4) is 0 Å². The van der Waals surface area contributed by atoms with Crippen LogP contribution in [0.2, 0.25) is 10.0 Å². The molecule has 0 aliphatic carbocycles. The Morgan fingerprint density at radius 1 is 1.04 bits per heavy atom. The number of rotatable bonds is 4. The fourth-order valence-corrected chi connectivity index (χ4v) is 3.10. The van der Waals surface area contributed by atoms with E-state index in [2.05, 4.69) is 15.9 Å². The van der Waals surface area contributed by atoms with Crippen LogP contribution in [0.3, 0.4) is 0 Å². The van der Waals surface area contributed by atoms with Crippen molar-refractivity contribution in [3.05, 3.63) is 67.6 Å². The number of imide groups is 1. The first-order valence-electron chi connectivity index (χ1n) is 7.12. The first kappa shape index (κ1) is 17.9. The third-order valence-electron chi connectivity index (χ3n) is 3.65. The number of esters is 1. The highest BCUT2D eigenvalue weighted by Crippen LogP contribution is 2.31. The zero-order chi connectivity index (χ0) is 18.1. The monoisotopic (exact) mass is 441 g/mol. The fraction of sp³-hybridized carbons (Fsp3) is 0.118. The van der Waals surface area contributed by atoms with Gasteiger partial charge in [0.15, 0.2) is 0 Å². The molecule has 0 radical (unpaired) electrons. The second-order valence-electron chi connectivity index (χ2n) is 5.26. The number of carbonyl (C=O) groups is 3. The molecule has 8 heteroatoms. The smallest absolute Gasteiger partial charge is 0.326 e. The molecule has 1 heterocycles. The van der Waals surface area contributed by atoms with Crippen LogP contribution in [-0.2, 0) is 16.1 Å². The normalized spacial score (nSPS) is 13.2. The first-order valence-corrected chi connectivity index (χ1v) is 8.67. The summed E-state index contributed by atoms with van der Waals surface area (Å²) in [6, 6.07) is 9.91. The molecule has 25 heavy (non-hydrogen) atoms. The second-order valence-corrected chi connectivity index (χ2v) is 6.93. The lowest BCUT2D eigenvalue weighted by atomic mass is 10.1. The number of hydrogen-bond donors (Lipinski definition) is 0. The highest BCUT2D eigenvalue weighted by molar-refractivity contribution is 9.10. The van der Waals surface area contributed by atoms with Gasteiger partial charge in [-0.15, -0.1) is 0 Å². The van der Waals surface area contributed by atoms with E-state index in [1.807, 2.05) is 18.2 Å². The van der Waals surface area contributed by atoms with Gasteiger partial charge in [0.05, 0.1) is 21.2 Å². The fourth-order valence-electron chi connectivity index (χ4n) is 2.38. The molecule has 0 saturated heterocycles. The van der Waals surface area contributed by atoms with E-state index < -0.39 is 24.3 Å². The maximum atomic E-state index is 12.3. The van der Waals surface area contributed by atoms with Crippen LogP contribution in [0.5, 0.6) is 0 Å². The maximum Gasteiger partial charge on any atom is 0.326 e. The van der Waals surface area contributed by atoms with Crippen molar-refractivity contribution in [2.45, 2.75) is 6.61 Å². The molecule has 0 spiro atoms. The minimum atomic E-state index is -0.692. The Morgan fingerprint density at radius 3 is 2.16 bits per heavy atom. The van der Waals surface area contributed by atoms with Crippen LogP contribution in [0.15, 0.2) is 40.9 Å². The van der Waals surface area contributed by atoms with E-state index in [0.29, 0.717) is 0 Å². The van der Waals surface area contributed by atoms with Crippen LogP contribution in [0.1, 0.15) is 26.3 Å². The summed E-state index contributed by atoms with van der Waals surface area (Å²) in [6.07, 6.45) is 0. The number of amides is 2. The molecule has 0 unspecified atom stereocenters. The van der Waals surface area contributed by atoms with Gasteiger partial charge in [0, 0.05) is 10.0 Å². The minimum Gasteiger partial charge on any atom is -0.459 e. The first-order chi connectivity index (χ1) is 11.9. The van der Waals surface area contributed by atoms with Crippen molar-refractivity contribution in [2.75, 3.05) is 6.54 Å². The average molecular weight is 443 g/mol. The van der Waals surface area contributed by atoms with Crippen molar-refractivity contribution in [3.63, 3.8) is 0 Å². The van der Waals surface area contributed by atoms with E-state index in [1.165, 1.54) is 12.1 Å². The topological polar surface area (TPSA) is 63.7 Å². The Bertz CT molecular complexity index is 859. The summed E-state index contributed by atoms with van der Waals surface area (Å²) in [7, 11) is 0. The van der Waals surface area contributed by atoms with Crippen LogP contribution >= 0.6 is 39.1 Å². The van der Waals surface area contributed by atoms with E-state index in [4.69, 9.17) is 27.9 Å². The van der Waals surface area contributed by atoms with Crippen molar-refractivity contribution in [2.24, 2.45) is 0 Å². The number of fused-ring (bicyclic) bond motifs is 1. The number of carbonyl (C=O) groups excluding carboxylic acids is 3. The van der Waals surface area contributed by atoms with E-state index in [1.54, 1.807) is 6.07 Å². The van der Waals surface area contributed by atoms with Crippen molar-refractivity contribution >= 4 is 56.9 Å². The van der Waals surface area contributed by atoms with Gasteiger partial charge in [-0.25, -0.2) is 0 Å². The second kappa shape index (κ2) is 7.15. The van der Waals surface area contributed by atoms with Crippen molar-refractivity contribution < 1.29 is 19.1 Å². The molecule has 2 amide bonds. The van der Waals surface area contributed by atoms with Crippen molar-refractivity contribution in [1.29, 1.82) is 0 Å². The maximum absolute atomic E-state index is 12.3. The Hall–Kier alpha value is -1.89. The lowest BCUT2D eigenvalue weighted by Gasteiger charge is -2.13. The summed E-state index contributed by atoms with van der Waals surface area (Å²) in [4.78, 5) is 37.5. The molecule has 2 aromatic rings. The minimum absolute atomic E-state index is 0.0289. The highest BCUT2D eigenvalue weighted by Gasteiger charge is 2.37. The van der Waals surface area contributed by atoms with Crippen LogP contribution in [0.4, 0.5) is 0 Å². The van der Waals surface area contributed by atoms with E-state index in [-0.39, 0.29) is 27.8 Å². The van der Waals surface area contributed by atoms with Crippen LogP contribution < -0.4 is 0 Å². The molecule has 0 saturated carbocycles. The van der Waals surface area contributed by atoms with Gasteiger partial charge in [0.25, 0.3) is 11.8 Å². The molecule has 0 fully saturated rings. The predicted molar refractivity (Wildman–Crippen MR) is 95.8 cm³/mol. The summed E-state index contributed by atoms with van der Waals surface area (Å²) in [5, 5.41) is 0.333. The standard InChI is InChI=1S/C17H10BrCl2NO4/c18-12-4-2-1-3-9(12)8-25-15(22)7-21-16(23)10-5-13(19)14(20)6-11(10)17(21)24/h1-6H,7-8H2. The van der Waals surface area contributed by atoms with Gasteiger partial charge in [-0.2, -0.15) is 0 Å². The lowest BCUT2D eigenvalue weighted by molar-refractivity contribution is -0.145. The number of halogens is 3. The molecular formula is C17H10BrCl2NO4. The summed E-state index contributed by atoms with van der Waals surface area (Å²) in [5.41, 5.74) is 1.02. The van der Waals surface area contributed by atoms with Gasteiger partial charge in [-0.1, -0.05) is 57.3 Å². The Morgan fingerprint density at radius 2 is 1.60 bits per heavy atom. The molecule has 2 aromatic carbocycles. The van der Waals surface area contributed by atoms with Crippen molar-refractivity contribution in [1.82, 2.24) is 4.90 Å². The average Bonchev–Trinajstić information content (AvgIpc) is 2.79. The van der Waals surface area contributed by atoms with Gasteiger partial charge in [-0.05, 0) is 18.2 Å². The molecule has 5 nitrogen and oxygen atoms in total.